The van der Waals surface area contributed by atoms with Gasteiger partial charge in [-0.3, -0.25) is 0 Å². The highest BCUT2D eigenvalue weighted by molar-refractivity contribution is 6.32. The standard InChI is InChI=1S/C22H31ClN6O2.C17H21Cl2N5O.C5H11NO/c1-30-19-11-10-16(13-18(19)23)26-22-28-20(24-14-17-9-6-12-31-17)27-21(29-22)25-15-7-4-2-3-5-8-15;1-25-14-9-8-12(10-13(14)18)21-17-23-15(19)22-16(24-17)20-11-6-4-2-3-5-7-11;6-4-5-2-1-3-7-5/h10-11,13,15,17H,2-9,12,14H2,1H3,(H3,24,25,26,27,28,29);8-11H,2-7H2,1H3,(H2,20,21,22,23,24);5H,1-4,6H2. The van der Waals surface area contributed by atoms with Crippen molar-refractivity contribution in [2.45, 2.75) is 127 Å². The number of nitrogens with one attached hydrogen (secondary N) is 5. The largest absolute Gasteiger partial charge is 0.495 e. The van der Waals surface area contributed by atoms with Crippen molar-refractivity contribution >= 4 is 75.9 Å². The van der Waals surface area contributed by atoms with E-state index in [1.165, 1.54) is 57.8 Å². The summed E-state index contributed by atoms with van der Waals surface area (Å²) in [6.07, 6.45) is 19.7. The van der Waals surface area contributed by atoms with E-state index in [9.17, 15) is 0 Å². The monoisotopic (exact) mass is 928 g/mol. The Hall–Kier alpha value is -4.19. The van der Waals surface area contributed by atoms with Gasteiger partial charge in [-0.25, -0.2) is 0 Å². The van der Waals surface area contributed by atoms with E-state index < -0.39 is 0 Å². The molecule has 2 aliphatic heterocycles. The van der Waals surface area contributed by atoms with Gasteiger partial charge < -0.3 is 51.3 Å². The molecule has 344 valence electrons. The first-order chi connectivity index (χ1) is 30.8. The van der Waals surface area contributed by atoms with Crippen LogP contribution in [0.2, 0.25) is 15.3 Å². The maximum absolute atomic E-state index is 6.27. The molecule has 4 aliphatic rings. The number of methoxy groups -OCH3 is 2. The Morgan fingerprint density at radius 1 is 0.556 bits per heavy atom. The molecule has 63 heavy (non-hydrogen) atoms. The van der Waals surface area contributed by atoms with E-state index in [0.29, 0.717) is 82.6 Å². The Bertz CT molecular complexity index is 1980. The summed E-state index contributed by atoms with van der Waals surface area (Å²) in [5.41, 5.74) is 6.83. The van der Waals surface area contributed by atoms with Crippen molar-refractivity contribution in [2.75, 3.05) is 67.1 Å². The Morgan fingerprint density at radius 2 is 1.00 bits per heavy atom. The fourth-order valence-corrected chi connectivity index (χ4v) is 8.52. The van der Waals surface area contributed by atoms with Crippen LogP contribution in [-0.2, 0) is 9.47 Å². The van der Waals surface area contributed by atoms with Crippen LogP contribution < -0.4 is 41.8 Å². The molecule has 0 bridgehead atoms. The topological polar surface area (TPSA) is 200 Å². The zero-order chi connectivity index (χ0) is 44.2. The van der Waals surface area contributed by atoms with Gasteiger partial charge in [-0.05, 0) is 99.4 Å². The number of nitrogens with two attached hydrogens (primary N) is 1. The van der Waals surface area contributed by atoms with Crippen LogP contribution in [0.3, 0.4) is 0 Å². The summed E-state index contributed by atoms with van der Waals surface area (Å²) in [6, 6.07) is 11.6. The molecule has 16 nitrogen and oxygen atoms in total. The number of rotatable bonds is 14. The summed E-state index contributed by atoms with van der Waals surface area (Å²) in [7, 11) is 3.17. The minimum atomic E-state index is 0.147. The molecular weight excluding hydrogens is 867 g/mol. The molecule has 4 fully saturated rings. The number of hydrogen-bond acceptors (Lipinski definition) is 16. The Balaban J connectivity index is 0.000000184. The number of anilines is 7. The van der Waals surface area contributed by atoms with Gasteiger partial charge in [-0.15, -0.1) is 0 Å². The third-order valence-electron chi connectivity index (χ3n) is 11.2. The quantitative estimate of drug-likeness (QED) is 0.0652. The third-order valence-corrected chi connectivity index (χ3v) is 12.0. The van der Waals surface area contributed by atoms with Crippen LogP contribution in [0.4, 0.5) is 41.1 Å². The Kier molecular flexibility index (Phi) is 19.9. The van der Waals surface area contributed by atoms with Gasteiger partial charge in [-0.1, -0.05) is 74.6 Å². The van der Waals surface area contributed by atoms with Gasteiger partial charge in [0, 0.05) is 49.8 Å². The molecule has 0 amide bonds. The van der Waals surface area contributed by atoms with E-state index in [-0.39, 0.29) is 11.4 Å². The minimum Gasteiger partial charge on any atom is -0.495 e. The van der Waals surface area contributed by atoms with Crippen molar-refractivity contribution in [1.29, 1.82) is 0 Å². The molecule has 2 aliphatic carbocycles. The molecule has 19 heteroatoms. The van der Waals surface area contributed by atoms with Crippen molar-refractivity contribution in [2.24, 2.45) is 5.73 Å². The van der Waals surface area contributed by atoms with Gasteiger partial charge in [0.1, 0.15) is 11.5 Å². The SMILES string of the molecule is COc1ccc(Nc2nc(Cl)nc(NC3CCCCCC3)n2)cc1Cl.COc1ccc(Nc2nc(NCC3CCCO3)nc(NC3CCCCCC3)n2)cc1Cl.NCC1CCCO1. The molecule has 2 aromatic heterocycles. The predicted octanol–water partition coefficient (Wildman–Crippen LogP) is 10.2. The van der Waals surface area contributed by atoms with Gasteiger partial charge >= 0.3 is 0 Å². The average Bonchev–Trinajstić information content (AvgIpc) is 3.88. The summed E-state index contributed by atoms with van der Waals surface area (Å²) in [6.45, 7) is 3.12. The number of halogens is 3. The zero-order valence-electron chi connectivity index (χ0n) is 36.4. The van der Waals surface area contributed by atoms with E-state index >= 15 is 0 Å². The van der Waals surface area contributed by atoms with Crippen molar-refractivity contribution in [3.05, 3.63) is 51.7 Å². The lowest BCUT2D eigenvalue weighted by Crippen LogP contribution is -2.23. The summed E-state index contributed by atoms with van der Waals surface area (Å²) in [5.74, 6) is 3.67. The average molecular weight is 930 g/mol. The van der Waals surface area contributed by atoms with Gasteiger partial charge in [-0.2, -0.15) is 29.9 Å². The second-order valence-corrected chi connectivity index (χ2v) is 17.2. The summed E-state index contributed by atoms with van der Waals surface area (Å²) < 4.78 is 21.3. The number of hydrogen-bond donors (Lipinski definition) is 6. The molecule has 4 aromatic rings. The van der Waals surface area contributed by atoms with Crippen molar-refractivity contribution in [1.82, 2.24) is 29.9 Å². The summed E-state index contributed by atoms with van der Waals surface area (Å²) >= 11 is 18.5. The molecule has 2 atom stereocenters. The normalized spacial score (nSPS) is 19.3. The predicted molar refractivity (Wildman–Crippen MR) is 253 cm³/mol. The first-order valence-electron chi connectivity index (χ1n) is 22.4. The molecule has 0 spiro atoms. The highest BCUT2D eigenvalue weighted by Gasteiger charge is 2.19. The van der Waals surface area contributed by atoms with E-state index in [1.54, 1.807) is 32.4 Å². The van der Waals surface area contributed by atoms with Gasteiger partial charge in [0.2, 0.25) is 35.0 Å². The highest BCUT2D eigenvalue weighted by atomic mass is 35.5. The summed E-state index contributed by atoms with van der Waals surface area (Å²) in [4.78, 5) is 26.5. The lowest BCUT2D eigenvalue weighted by atomic mass is 10.1. The number of aromatic nitrogens is 6. The second kappa shape index (κ2) is 25.9. The molecule has 2 unspecified atom stereocenters. The smallest absolute Gasteiger partial charge is 0.233 e. The molecule has 8 rings (SSSR count). The molecule has 2 aromatic carbocycles. The van der Waals surface area contributed by atoms with E-state index in [4.69, 9.17) is 59.5 Å². The fraction of sp³-hybridized carbons (Fsp3) is 0.591. The Labute approximate surface area is 386 Å². The van der Waals surface area contributed by atoms with E-state index in [1.807, 2.05) is 18.2 Å². The minimum absolute atomic E-state index is 0.147. The van der Waals surface area contributed by atoms with E-state index in [0.717, 1.165) is 69.5 Å². The van der Waals surface area contributed by atoms with Crippen molar-refractivity contribution < 1.29 is 18.9 Å². The maximum atomic E-state index is 6.27. The lowest BCUT2D eigenvalue weighted by molar-refractivity contribution is 0.117. The second-order valence-electron chi connectivity index (χ2n) is 16.1. The molecule has 4 heterocycles. The van der Waals surface area contributed by atoms with Gasteiger partial charge in [0.15, 0.2) is 0 Å². The van der Waals surface area contributed by atoms with E-state index in [2.05, 4.69) is 56.5 Å². The van der Waals surface area contributed by atoms with Gasteiger partial charge in [0.25, 0.3) is 0 Å². The molecule has 2 saturated carbocycles. The van der Waals surface area contributed by atoms with Crippen LogP contribution in [0.25, 0.3) is 0 Å². The maximum Gasteiger partial charge on any atom is 0.233 e. The Morgan fingerprint density at radius 3 is 1.44 bits per heavy atom. The number of nitrogens with zero attached hydrogens (tertiary/aromatic N) is 6. The molecule has 0 radical (unpaired) electrons. The van der Waals surface area contributed by atoms with Crippen LogP contribution in [0.5, 0.6) is 11.5 Å². The zero-order valence-corrected chi connectivity index (χ0v) is 38.7. The number of ether oxygens (including phenoxy) is 4. The fourth-order valence-electron chi connectivity index (χ4n) is 7.85. The molecule has 2 saturated heterocycles. The molecular formula is C44H63Cl3N12O4. The van der Waals surface area contributed by atoms with Crippen LogP contribution in [-0.4, -0.2) is 94.7 Å². The van der Waals surface area contributed by atoms with Crippen molar-refractivity contribution in [3.63, 3.8) is 0 Å². The first-order valence-corrected chi connectivity index (χ1v) is 23.5. The van der Waals surface area contributed by atoms with Crippen LogP contribution >= 0.6 is 34.8 Å². The van der Waals surface area contributed by atoms with Crippen molar-refractivity contribution in [3.8, 4) is 11.5 Å². The van der Waals surface area contributed by atoms with Crippen LogP contribution in [0, 0.1) is 0 Å². The summed E-state index contributed by atoms with van der Waals surface area (Å²) in [5, 5.41) is 17.7. The number of benzene rings is 2. The first kappa shape index (κ1) is 48.3. The van der Waals surface area contributed by atoms with Crippen LogP contribution in [0.15, 0.2) is 36.4 Å². The van der Waals surface area contributed by atoms with Gasteiger partial charge in [0.05, 0.1) is 36.5 Å². The molecule has 7 N–H and O–H groups in total. The lowest BCUT2D eigenvalue weighted by Gasteiger charge is -2.18. The highest BCUT2D eigenvalue weighted by Crippen LogP contribution is 2.31. The van der Waals surface area contributed by atoms with Crippen LogP contribution in [0.1, 0.15) is 103 Å². The third kappa shape index (κ3) is 16.4.